The van der Waals surface area contributed by atoms with Crippen molar-refractivity contribution >= 4 is 17.5 Å². The molecule has 0 heterocycles. The van der Waals surface area contributed by atoms with Crippen LogP contribution in [0, 0.1) is 5.82 Å². The van der Waals surface area contributed by atoms with E-state index in [0.29, 0.717) is 12.2 Å². The van der Waals surface area contributed by atoms with Crippen LogP contribution in [0.4, 0.5) is 10.1 Å². The van der Waals surface area contributed by atoms with Crippen LogP contribution in [0.2, 0.25) is 0 Å². The number of hydrogen-bond acceptors (Lipinski definition) is 2. The number of benzene rings is 1. The Morgan fingerprint density at radius 1 is 1.21 bits per heavy atom. The maximum Gasteiger partial charge on any atom is 0.313 e. The molecule has 0 aliphatic rings. The van der Waals surface area contributed by atoms with Crippen molar-refractivity contribution in [3.8, 4) is 0 Å². The van der Waals surface area contributed by atoms with E-state index in [1.165, 1.54) is 29.2 Å². The molecule has 0 unspecified atom stereocenters. The Morgan fingerprint density at radius 3 is 2.16 bits per heavy atom. The van der Waals surface area contributed by atoms with Crippen molar-refractivity contribution in [1.29, 1.82) is 0 Å². The van der Waals surface area contributed by atoms with Gasteiger partial charge in [0.25, 0.3) is 0 Å². The monoisotopic (exact) mass is 266 g/mol. The van der Waals surface area contributed by atoms with Crippen molar-refractivity contribution < 1.29 is 14.0 Å². The van der Waals surface area contributed by atoms with Crippen LogP contribution in [0.1, 0.15) is 27.7 Å². The van der Waals surface area contributed by atoms with Gasteiger partial charge in [0.15, 0.2) is 0 Å². The number of carbonyl (C=O) groups is 2. The van der Waals surface area contributed by atoms with Gasteiger partial charge in [-0.1, -0.05) is 0 Å². The van der Waals surface area contributed by atoms with Gasteiger partial charge in [-0.25, -0.2) is 4.39 Å². The lowest BCUT2D eigenvalue weighted by atomic mass is 10.1. The zero-order valence-corrected chi connectivity index (χ0v) is 11.7. The minimum atomic E-state index is -0.719. The van der Waals surface area contributed by atoms with Crippen LogP contribution in [0.15, 0.2) is 24.3 Å². The third-order valence-electron chi connectivity index (χ3n) is 2.67. The van der Waals surface area contributed by atoms with Crippen LogP contribution in [-0.2, 0) is 9.59 Å². The first-order valence-corrected chi connectivity index (χ1v) is 6.14. The number of rotatable bonds is 2. The van der Waals surface area contributed by atoms with Gasteiger partial charge in [-0.05, 0) is 52.0 Å². The molecule has 0 bridgehead atoms. The smallest absolute Gasteiger partial charge is 0.313 e. The van der Waals surface area contributed by atoms with Crippen LogP contribution >= 0.6 is 0 Å². The van der Waals surface area contributed by atoms with E-state index in [0.717, 1.165) is 0 Å². The number of hydrogen-bond donors (Lipinski definition) is 1. The molecule has 0 aliphatic carbocycles. The van der Waals surface area contributed by atoms with Crippen molar-refractivity contribution in [3.05, 3.63) is 30.1 Å². The summed E-state index contributed by atoms with van der Waals surface area (Å²) in [4.78, 5) is 25.4. The normalized spacial score (nSPS) is 11.0. The molecule has 4 nitrogen and oxygen atoms in total. The van der Waals surface area contributed by atoms with Gasteiger partial charge in [-0.15, -0.1) is 0 Å². The van der Waals surface area contributed by atoms with Gasteiger partial charge in [0.05, 0.1) is 0 Å². The molecule has 104 valence electrons. The highest BCUT2D eigenvalue weighted by molar-refractivity contribution is 6.39. The Morgan fingerprint density at radius 2 is 1.74 bits per heavy atom. The molecule has 1 aromatic carbocycles. The second kappa shape index (κ2) is 5.82. The van der Waals surface area contributed by atoms with Crippen LogP contribution in [-0.4, -0.2) is 28.8 Å². The number of halogens is 1. The molecule has 1 rings (SSSR count). The lowest BCUT2D eigenvalue weighted by Gasteiger charge is -2.34. The van der Waals surface area contributed by atoms with Crippen LogP contribution in [0.25, 0.3) is 0 Å². The van der Waals surface area contributed by atoms with E-state index in [9.17, 15) is 14.0 Å². The molecular weight excluding hydrogens is 247 g/mol. The third-order valence-corrected chi connectivity index (χ3v) is 2.67. The minimum absolute atomic E-state index is 0.393. The molecule has 0 saturated heterocycles. The average molecular weight is 266 g/mol. The maximum atomic E-state index is 12.7. The summed E-state index contributed by atoms with van der Waals surface area (Å²) in [6, 6.07) is 5.27. The van der Waals surface area contributed by atoms with E-state index in [4.69, 9.17) is 0 Å². The molecule has 0 aliphatic heterocycles. The number of carbonyl (C=O) groups excluding carboxylic acids is 2. The molecule has 19 heavy (non-hydrogen) atoms. The Hall–Kier alpha value is -1.91. The quantitative estimate of drug-likeness (QED) is 0.836. The predicted molar refractivity (Wildman–Crippen MR) is 72.2 cm³/mol. The van der Waals surface area contributed by atoms with Crippen molar-refractivity contribution in [3.63, 3.8) is 0 Å². The molecule has 0 atom stereocenters. The number of amides is 2. The Kier molecular flexibility index (Phi) is 4.64. The second-order valence-electron chi connectivity index (χ2n) is 5.18. The average Bonchev–Trinajstić information content (AvgIpc) is 2.31. The lowest BCUT2D eigenvalue weighted by molar-refractivity contribution is -0.146. The minimum Gasteiger partial charge on any atom is -0.330 e. The summed E-state index contributed by atoms with van der Waals surface area (Å²) in [5, 5.41) is 2.46. The summed E-state index contributed by atoms with van der Waals surface area (Å²) in [6.07, 6.45) is 0. The molecule has 0 saturated carbocycles. The SMILES string of the molecule is CCN(C(=O)C(=O)Nc1ccc(F)cc1)C(C)(C)C. The van der Waals surface area contributed by atoms with E-state index in [1.807, 2.05) is 27.7 Å². The lowest BCUT2D eigenvalue weighted by Crippen LogP contribution is -2.49. The second-order valence-corrected chi connectivity index (χ2v) is 5.18. The van der Waals surface area contributed by atoms with Crippen molar-refractivity contribution in [2.45, 2.75) is 33.2 Å². The molecule has 0 radical (unpaired) electrons. The molecule has 2 amide bonds. The van der Waals surface area contributed by atoms with Crippen LogP contribution in [0.5, 0.6) is 0 Å². The number of anilines is 1. The van der Waals surface area contributed by atoms with Gasteiger partial charge in [-0.3, -0.25) is 9.59 Å². The Bertz CT molecular complexity index is 463. The summed E-state index contributed by atoms with van der Waals surface area (Å²) >= 11 is 0. The number of nitrogens with zero attached hydrogens (tertiary/aromatic N) is 1. The summed E-state index contributed by atoms with van der Waals surface area (Å²) < 4.78 is 12.7. The fourth-order valence-corrected chi connectivity index (χ4v) is 1.76. The molecule has 0 spiro atoms. The maximum absolute atomic E-state index is 12.7. The topological polar surface area (TPSA) is 49.4 Å². The number of likely N-dealkylation sites (N-methyl/N-ethyl adjacent to an activating group) is 1. The van der Waals surface area contributed by atoms with E-state index < -0.39 is 23.2 Å². The summed E-state index contributed by atoms with van der Waals surface area (Å²) in [6.45, 7) is 7.84. The molecule has 1 aromatic rings. The summed E-state index contributed by atoms with van der Waals surface area (Å²) in [5.41, 5.74) is -0.0314. The molecule has 5 heteroatoms. The predicted octanol–water partition coefficient (Wildman–Crippen LogP) is 2.41. The third kappa shape index (κ3) is 4.05. The van der Waals surface area contributed by atoms with Crippen LogP contribution < -0.4 is 5.32 Å². The highest BCUT2D eigenvalue weighted by atomic mass is 19.1. The Labute approximate surface area is 112 Å². The van der Waals surface area contributed by atoms with Crippen LogP contribution in [0.3, 0.4) is 0 Å². The number of nitrogens with one attached hydrogen (secondary N) is 1. The molecule has 1 N–H and O–H groups in total. The van der Waals surface area contributed by atoms with Gasteiger partial charge < -0.3 is 10.2 Å². The van der Waals surface area contributed by atoms with E-state index in [1.54, 1.807) is 0 Å². The van der Waals surface area contributed by atoms with Gasteiger partial charge in [0.2, 0.25) is 0 Å². The fraction of sp³-hybridized carbons (Fsp3) is 0.429. The van der Waals surface area contributed by atoms with E-state index >= 15 is 0 Å². The van der Waals surface area contributed by atoms with E-state index in [2.05, 4.69) is 5.32 Å². The van der Waals surface area contributed by atoms with Gasteiger partial charge in [0.1, 0.15) is 5.82 Å². The van der Waals surface area contributed by atoms with Gasteiger partial charge >= 0.3 is 11.8 Å². The zero-order valence-electron chi connectivity index (χ0n) is 11.7. The highest BCUT2D eigenvalue weighted by Gasteiger charge is 2.29. The van der Waals surface area contributed by atoms with Gasteiger partial charge in [0, 0.05) is 17.8 Å². The fourth-order valence-electron chi connectivity index (χ4n) is 1.76. The molecular formula is C14H19FN2O2. The van der Waals surface area contributed by atoms with Crippen molar-refractivity contribution in [1.82, 2.24) is 4.90 Å². The van der Waals surface area contributed by atoms with Crippen molar-refractivity contribution in [2.75, 3.05) is 11.9 Å². The first kappa shape index (κ1) is 15.1. The summed E-state index contributed by atoms with van der Waals surface area (Å²) in [7, 11) is 0. The highest BCUT2D eigenvalue weighted by Crippen LogP contribution is 2.14. The first-order valence-electron chi connectivity index (χ1n) is 6.14. The summed E-state index contributed by atoms with van der Waals surface area (Å²) in [5.74, 6) is -1.71. The largest absolute Gasteiger partial charge is 0.330 e. The molecule has 0 aromatic heterocycles. The zero-order chi connectivity index (χ0) is 14.6. The Balaban J connectivity index is 2.77. The first-order chi connectivity index (χ1) is 8.75. The van der Waals surface area contributed by atoms with E-state index in [-0.39, 0.29) is 0 Å². The molecule has 0 fully saturated rings. The van der Waals surface area contributed by atoms with Crippen molar-refractivity contribution in [2.24, 2.45) is 0 Å². The van der Waals surface area contributed by atoms with Gasteiger partial charge in [-0.2, -0.15) is 0 Å². The standard InChI is InChI=1S/C14H19FN2O2/c1-5-17(14(2,3)4)13(19)12(18)16-11-8-6-10(15)7-9-11/h6-9H,5H2,1-4H3,(H,16,18).